The Morgan fingerprint density at radius 1 is 1.26 bits per heavy atom. The third-order valence-corrected chi connectivity index (χ3v) is 4.77. The fourth-order valence-corrected chi connectivity index (χ4v) is 3.28. The second-order valence-corrected chi connectivity index (χ2v) is 6.34. The molecule has 1 aliphatic rings. The van der Waals surface area contributed by atoms with Crippen LogP contribution in [-0.4, -0.2) is 13.2 Å². The van der Waals surface area contributed by atoms with Crippen molar-refractivity contribution in [3.05, 3.63) is 29.3 Å². The van der Waals surface area contributed by atoms with Crippen LogP contribution in [0.4, 0.5) is 0 Å². The highest BCUT2D eigenvalue weighted by atomic mass is 16.5. The molecule has 0 amide bonds. The van der Waals surface area contributed by atoms with Crippen molar-refractivity contribution in [3.8, 4) is 5.75 Å². The molecule has 1 aromatic rings. The summed E-state index contributed by atoms with van der Waals surface area (Å²) in [5.74, 6) is 0.973. The Kier molecular flexibility index (Phi) is 4.51. The zero-order valence-electron chi connectivity index (χ0n) is 12.5. The molecule has 2 heteroatoms. The summed E-state index contributed by atoms with van der Waals surface area (Å²) in [6, 6.07) is 6.59. The maximum absolute atomic E-state index is 6.53. The monoisotopic (exact) mass is 261 g/mol. The molecule has 0 bridgehead atoms. The van der Waals surface area contributed by atoms with Crippen LogP contribution >= 0.6 is 0 Å². The van der Waals surface area contributed by atoms with E-state index in [2.05, 4.69) is 32.0 Å². The Morgan fingerprint density at radius 2 is 1.95 bits per heavy atom. The van der Waals surface area contributed by atoms with Crippen LogP contribution < -0.4 is 10.5 Å². The van der Waals surface area contributed by atoms with Crippen molar-refractivity contribution in [2.75, 3.05) is 7.11 Å². The summed E-state index contributed by atoms with van der Waals surface area (Å²) < 4.78 is 5.47. The molecule has 2 nitrogen and oxygen atoms in total. The minimum absolute atomic E-state index is 0.225. The van der Waals surface area contributed by atoms with Gasteiger partial charge in [0, 0.05) is 6.04 Å². The van der Waals surface area contributed by atoms with Gasteiger partial charge < -0.3 is 10.5 Å². The predicted molar refractivity (Wildman–Crippen MR) is 80.6 cm³/mol. The molecule has 0 radical (unpaired) electrons. The predicted octanol–water partition coefficient (Wildman–Crippen LogP) is 3.84. The number of ether oxygens (including phenoxy) is 1. The average molecular weight is 261 g/mol. The fraction of sp³-hybridized carbons (Fsp3) is 0.647. The van der Waals surface area contributed by atoms with Crippen LogP contribution in [-0.2, 0) is 6.42 Å². The number of rotatable bonds is 4. The lowest BCUT2D eigenvalue weighted by Crippen LogP contribution is -2.42. The SMILES string of the molecule is COc1ccc(C)cc1CC(N)C1(C)CCCCC1. The minimum atomic E-state index is 0.225. The Bertz CT molecular complexity index is 421. The van der Waals surface area contributed by atoms with Crippen molar-refractivity contribution >= 4 is 0 Å². The number of nitrogens with two attached hydrogens (primary N) is 1. The molecule has 1 atom stereocenters. The van der Waals surface area contributed by atoms with Crippen LogP contribution in [0.1, 0.15) is 50.2 Å². The first kappa shape index (κ1) is 14.4. The molecule has 0 aromatic heterocycles. The second-order valence-electron chi connectivity index (χ2n) is 6.34. The van der Waals surface area contributed by atoms with Gasteiger partial charge in [-0.2, -0.15) is 0 Å². The van der Waals surface area contributed by atoms with Crippen molar-refractivity contribution in [2.24, 2.45) is 11.1 Å². The van der Waals surface area contributed by atoms with Gasteiger partial charge in [0.15, 0.2) is 0 Å². The Hall–Kier alpha value is -1.02. The van der Waals surface area contributed by atoms with E-state index >= 15 is 0 Å². The zero-order chi connectivity index (χ0) is 13.9. The zero-order valence-corrected chi connectivity index (χ0v) is 12.5. The smallest absolute Gasteiger partial charge is 0.122 e. The van der Waals surface area contributed by atoms with E-state index in [1.165, 1.54) is 43.2 Å². The van der Waals surface area contributed by atoms with Crippen LogP contribution in [0, 0.1) is 12.3 Å². The molecule has 2 N–H and O–H groups in total. The number of hydrogen-bond donors (Lipinski definition) is 1. The molecule has 1 saturated carbocycles. The van der Waals surface area contributed by atoms with Gasteiger partial charge in [-0.15, -0.1) is 0 Å². The summed E-state index contributed by atoms with van der Waals surface area (Å²) in [4.78, 5) is 0. The van der Waals surface area contributed by atoms with Crippen LogP contribution in [0.25, 0.3) is 0 Å². The van der Waals surface area contributed by atoms with E-state index in [9.17, 15) is 0 Å². The third kappa shape index (κ3) is 3.30. The van der Waals surface area contributed by atoms with Gasteiger partial charge in [0.2, 0.25) is 0 Å². The van der Waals surface area contributed by atoms with Gasteiger partial charge >= 0.3 is 0 Å². The molecule has 1 fully saturated rings. The highest BCUT2D eigenvalue weighted by Gasteiger charge is 2.33. The average Bonchev–Trinajstić information content (AvgIpc) is 2.40. The molecular weight excluding hydrogens is 234 g/mol. The highest BCUT2D eigenvalue weighted by molar-refractivity contribution is 5.37. The largest absolute Gasteiger partial charge is 0.496 e. The first-order valence-electron chi connectivity index (χ1n) is 7.44. The lowest BCUT2D eigenvalue weighted by molar-refractivity contribution is 0.168. The summed E-state index contributed by atoms with van der Waals surface area (Å²) in [6.45, 7) is 4.48. The number of benzene rings is 1. The van der Waals surface area contributed by atoms with Gasteiger partial charge in [-0.3, -0.25) is 0 Å². The first-order valence-corrected chi connectivity index (χ1v) is 7.44. The van der Waals surface area contributed by atoms with Crippen LogP contribution in [0.3, 0.4) is 0 Å². The Balaban J connectivity index is 2.13. The van der Waals surface area contributed by atoms with Gasteiger partial charge in [-0.1, -0.05) is 43.9 Å². The van der Waals surface area contributed by atoms with E-state index in [-0.39, 0.29) is 6.04 Å². The molecule has 2 rings (SSSR count). The molecule has 1 aromatic carbocycles. The van der Waals surface area contributed by atoms with Crippen LogP contribution in [0.5, 0.6) is 5.75 Å². The van der Waals surface area contributed by atoms with Crippen molar-refractivity contribution in [1.82, 2.24) is 0 Å². The van der Waals surface area contributed by atoms with Crippen molar-refractivity contribution in [1.29, 1.82) is 0 Å². The van der Waals surface area contributed by atoms with Gasteiger partial charge in [0.1, 0.15) is 5.75 Å². The summed E-state index contributed by atoms with van der Waals surface area (Å²) in [7, 11) is 1.74. The quantitative estimate of drug-likeness (QED) is 0.893. The fourth-order valence-electron chi connectivity index (χ4n) is 3.28. The molecule has 0 heterocycles. The number of hydrogen-bond acceptors (Lipinski definition) is 2. The molecule has 1 aliphatic carbocycles. The lowest BCUT2D eigenvalue weighted by atomic mass is 9.69. The topological polar surface area (TPSA) is 35.2 Å². The van der Waals surface area contributed by atoms with Gasteiger partial charge in [0.05, 0.1) is 7.11 Å². The second kappa shape index (κ2) is 5.96. The normalized spacial score (nSPS) is 20.0. The standard InChI is InChI=1S/C17H27NO/c1-13-7-8-15(19-3)14(11-13)12-16(18)17(2)9-5-4-6-10-17/h7-8,11,16H,4-6,9-10,12,18H2,1-3H3. The van der Waals surface area contributed by atoms with E-state index in [4.69, 9.17) is 10.5 Å². The molecule has 0 saturated heterocycles. The van der Waals surface area contributed by atoms with Crippen molar-refractivity contribution in [2.45, 2.75) is 58.4 Å². The van der Waals surface area contributed by atoms with Crippen molar-refractivity contribution < 1.29 is 4.74 Å². The molecule has 106 valence electrons. The highest BCUT2D eigenvalue weighted by Crippen LogP contribution is 2.39. The van der Waals surface area contributed by atoms with Crippen LogP contribution in [0.15, 0.2) is 18.2 Å². The molecular formula is C17H27NO. The summed E-state index contributed by atoms with van der Waals surface area (Å²) in [5, 5.41) is 0. The number of aryl methyl sites for hydroxylation is 1. The number of methoxy groups -OCH3 is 1. The van der Waals surface area contributed by atoms with E-state index < -0.39 is 0 Å². The molecule has 1 unspecified atom stereocenters. The molecule has 0 spiro atoms. The molecule has 0 aliphatic heterocycles. The summed E-state index contributed by atoms with van der Waals surface area (Å²) >= 11 is 0. The van der Waals surface area contributed by atoms with E-state index in [1.807, 2.05) is 0 Å². The van der Waals surface area contributed by atoms with E-state index in [0.29, 0.717) is 5.41 Å². The summed E-state index contributed by atoms with van der Waals surface area (Å²) in [5.41, 5.74) is 9.36. The first-order chi connectivity index (χ1) is 9.05. The summed E-state index contributed by atoms with van der Waals surface area (Å²) in [6.07, 6.45) is 7.48. The molecule has 19 heavy (non-hydrogen) atoms. The van der Waals surface area contributed by atoms with E-state index in [1.54, 1.807) is 7.11 Å². The Morgan fingerprint density at radius 3 is 2.58 bits per heavy atom. The third-order valence-electron chi connectivity index (χ3n) is 4.77. The Labute approximate surface area is 117 Å². The van der Waals surface area contributed by atoms with E-state index in [0.717, 1.165) is 12.2 Å². The minimum Gasteiger partial charge on any atom is -0.496 e. The lowest BCUT2D eigenvalue weighted by Gasteiger charge is -2.39. The maximum atomic E-state index is 6.53. The van der Waals surface area contributed by atoms with Gasteiger partial charge in [-0.25, -0.2) is 0 Å². The van der Waals surface area contributed by atoms with Crippen LogP contribution in [0.2, 0.25) is 0 Å². The maximum Gasteiger partial charge on any atom is 0.122 e. The van der Waals surface area contributed by atoms with Crippen molar-refractivity contribution in [3.63, 3.8) is 0 Å². The van der Waals surface area contributed by atoms with Gasteiger partial charge in [-0.05, 0) is 43.2 Å². The van der Waals surface area contributed by atoms with Gasteiger partial charge in [0.25, 0.3) is 0 Å².